The maximum Gasteiger partial charge on any atom is -0.0538 e. The van der Waals surface area contributed by atoms with Gasteiger partial charge in [0, 0.05) is 0 Å². The molecule has 0 radical (unpaired) electrons. The van der Waals surface area contributed by atoms with Crippen molar-refractivity contribution in [2.75, 3.05) is 0 Å². The van der Waals surface area contributed by atoms with Crippen LogP contribution in [-0.4, -0.2) is 0 Å². The van der Waals surface area contributed by atoms with E-state index in [1.807, 2.05) is 0 Å². The van der Waals surface area contributed by atoms with Crippen LogP contribution in [0.25, 0.3) is 0 Å². The van der Waals surface area contributed by atoms with Gasteiger partial charge in [-0.3, -0.25) is 0 Å². The summed E-state index contributed by atoms with van der Waals surface area (Å²) in [5.41, 5.74) is 0. The van der Waals surface area contributed by atoms with E-state index >= 15 is 0 Å². The van der Waals surface area contributed by atoms with Gasteiger partial charge in [-0.05, 0) is 0 Å². The van der Waals surface area contributed by atoms with Gasteiger partial charge in [0.2, 0.25) is 0 Å². The second kappa shape index (κ2) is 1480. The Morgan fingerprint density at radius 3 is 0.157 bits per heavy atom. The van der Waals surface area contributed by atoms with E-state index in [2.05, 4.69) is 41.5 Å². The highest BCUT2D eigenvalue weighted by Gasteiger charge is 1.69. The second-order valence-electron chi connectivity index (χ2n) is 4.06. The molecule has 0 aromatic heterocycles. The summed E-state index contributed by atoms with van der Waals surface area (Å²) in [6.45, 7) is 13.3. The lowest BCUT2D eigenvalue weighted by Gasteiger charge is -1.79. The Morgan fingerprint density at radius 1 is 0.118 bits per heavy atom. The van der Waals surface area contributed by atoms with Crippen LogP contribution in [-0.2, 0) is 0 Å². The van der Waals surface area contributed by atoms with Crippen molar-refractivity contribution >= 4 is 0 Å². The first-order valence-corrected chi connectivity index (χ1v) is 7.24. The summed E-state index contributed by atoms with van der Waals surface area (Å²) in [6, 6.07) is 0. The number of hydrogen-bond donors (Lipinski definition) is 0. The van der Waals surface area contributed by atoms with Crippen LogP contribution in [0.5, 0.6) is 0 Å². The van der Waals surface area contributed by atoms with Crippen LogP contribution in [0.2, 0.25) is 0 Å². The number of unbranched alkanes of at least 4 members (excludes halogenated alkanes) is 6. The molecular formula is C51H180. The molecule has 0 fully saturated rings. The molecular weight excluding hydrogens is 613 g/mol. The Labute approximate surface area is 365 Å². The van der Waals surface area contributed by atoms with Gasteiger partial charge in [0.15, 0.2) is 0 Å². The predicted molar refractivity (Wildman–Crippen MR) is 318 cm³/mol. The first-order chi connectivity index (χ1) is 7.24. The predicted octanol–water partition coefficient (Wildman–Crippen LogP) is 29.5. The fourth-order valence-electron chi connectivity index (χ4n) is 1.06. The van der Waals surface area contributed by atoms with E-state index in [1.54, 1.807) is 0 Å². The van der Waals surface area contributed by atoms with Crippen molar-refractivity contribution in [2.45, 2.75) is 367 Å². The molecule has 0 nitrogen and oxygen atoms in total. The van der Waals surface area contributed by atoms with E-state index in [0.29, 0.717) is 0 Å². The van der Waals surface area contributed by atoms with Gasteiger partial charge >= 0.3 is 0 Å². The monoisotopic (exact) mass is 793 g/mol. The van der Waals surface area contributed by atoms with Crippen molar-refractivity contribution in [3.05, 3.63) is 0 Å². The van der Waals surface area contributed by atoms with Crippen LogP contribution in [0, 0.1) is 0 Å². The van der Waals surface area contributed by atoms with Crippen molar-refractivity contribution in [1.82, 2.24) is 0 Å². The molecule has 0 aliphatic heterocycles. The molecule has 0 aromatic rings. The Balaban J connectivity index is -0.000000000846. The normalized spacial score (nSPS) is 2.47. The quantitative estimate of drug-likeness (QED) is 0.251. The summed E-state index contributed by atoms with van der Waals surface area (Å²) in [7, 11) is 0. The molecule has 0 N–H and O–H groups in total. The summed E-state index contributed by atoms with van der Waals surface area (Å²) in [5.74, 6) is 0. The van der Waals surface area contributed by atoms with Crippen LogP contribution >= 0.6 is 0 Å². The standard InChI is InChI=1S/3C5H12.36CH4/c3*1-3-5-4-2;;;;;;;;;;;;;;;;;;;;;;;;;;;;;;;;;;;;/h3*3-5H2,1-2H3;36*1H4. The molecule has 0 amide bonds. The Hall–Kier alpha value is 0. The molecule has 0 unspecified atom stereocenters. The van der Waals surface area contributed by atoms with Crippen LogP contribution in [0.15, 0.2) is 0 Å². The van der Waals surface area contributed by atoms with Crippen molar-refractivity contribution in [2.24, 2.45) is 0 Å². The lowest BCUT2D eigenvalue weighted by molar-refractivity contribution is 0.772. The van der Waals surface area contributed by atoms with E-state index < -0.39 is 0 Å². The Morgan fingerprint density at radius 2 is 0.157 bits per heavy atom. The first-order valence-electron chi connectivity index (χ1n) is 7.24. The van der Waals surface area contributed by atoms with Crippen LogP contribution in [0.3, 0.4) is 0 Å². The molecule has 0 rings (SSSR count). The molecule has 0 saturated heterocycles. The van der Waals surface area contributed by atoms with Gasteiger partial charge in [0.05, 0.1) is 0 Å². The molecule has 0 aliphatic rings. The Bertz CT molecular complexity index is 36.8. The lowest BCUT2D eigenvalue weighted by Crippen LogP contribution is -1.59. The lowest BCUT2D eigenvalue weighted by atomic mass is 10.3. The molecule has 0 spiro atoms. The largest absolute Gasteiger partial charge is 0.0776 e. The van der Waals surface area contributed by atoms with Crippen LogP contribution < -0.4 is 0 Å². The van der Waals surface area contributed by atoms with Crippen molar-refractivity contribution in [3.8, 4) is 0 Å². The van der Waals surface area contributed by atoms with Crippen molar-refractivity contribution in [1.29, 1.82) is 0 Å². The van der Waals surface area contributed by atoms with Gasteiger partial charge < -0.3 is 0 Å². The third-order valence-electron chi connectivity index (χ3n) is 2.12. The molecule has 0 heterocycles. The zero-order valence-electron chi connectivity index (χ0n) is 12.4. The molecule has 0 heteroatoms. The third kappa shape index (κ3) is 3200. The highest BCUT2D eigenvalue weighted by atomic mass is 13.8. The molecule has 0 atom stereocenters. The van der Waals surface area contributed by atoms with Gasteiger partial charge in [-0.25, -0.2) is 0 Å². The van der Waals surface area contributed by atoms with E-state index in [9.17, 15) is 0 Å². The highest BCUT2D eigenvalue weighted by molar-refractivity contribution is 4.25. The van der Waals surface area contributed by atoms with Crippen molar-refractivity contribution < 1.29 is 0 Å². The van der Waals surface area contributed by atoms with Gasteiger partial charge in [0.1, 0.15) is 0 Å². The van der Waals surface area contributed by atoms with Crippen molar-refractivity contribution in [3.63, 3.8) is 0 Å². The van der Waals surface area contributed by atoms with Gasteiger partial charge in [-0.15, -0.1) is 0 Å². The fraction of sp³-hybridized carbons (Fsp3) is 1.00. The molecule has 0 bridgehead atoms. The molecule has 0 saturated carbocycles. The van der Waals surface area contributed by atoms with Gasteiger partial charge in [0.25, 0.3) is 0 Å². The minimum atomic E-state index is 0. The summed E-state index contributed by atoms with van der Waals surface area (Å²) >= 11 is 0. The second-order valence-corrected chi connectivity index (χ2v) is 4.06. The average molecular weight is 794 g/mol. The molecule has 0 aromatic carbocycles. The summed E-state index contributed by atoms with van der Waals surface area (Å²) < 4.78 is 0. The summed E-state index contributed by atoms with van der Waals surface area (Å²) in [4.78, 5) is 0. The molecule has 0 aliphatic carbocycles. The third-order valence-corrected chi connectivity index (χ3v) is 2.12. The Kier molecular flexibility index (Phi) is 25700. The summed E-state index contributed by atoms with van der Waals surface area (Å²) in [6.07, 6.45) is 12.2. The maximum atomic E-state index is 2.21. The highest BCUT2D eigenvalue weighted by Crippen LogP contribution is 1.89. The average Bonchev–Trinajstić information content (AvgIpc) is 2.23. The fourth-order valence-corrected chi connectivity index (χ4v) is 1.06. The maximum absolute atomic E-state index is 2.21. The zero-order valence-corrected chi connectivity index (χ0v) is 12.4. The minimum Gasteiger partial charge on any atom is -0.0776 e. The molecule has 51 heavy (non-hydrogen) atoms. The zero-order chi connectivity index (χ0) is 12.4. The molecule has 384 valence electrons. The van der Waals surface area contributed by atoms with E-state index in [1.165, 1.54) is 57.8 Å². The number of rotatable bonds is 6. The number of hydrogen-bond acceptors (Lipinski definition) is 0. The van der Waals surface area contributed by atoms with Gasteiger partial charge in [-0.2, -0.15) is 0 Å². The van der Waals surface area contributed by atoms with E-state index in [0.717, 1.165) is 0 Å². The smallest absolute Gasteiger partial charge is 0.0538 e. The SMILES string of the molecule is C.C.C.C.C.C.C.C.C.C.C.C.C.C.C.C.C.C.C.C.C.C.C.C.C.C.C.C.C.C.C.C.C.C.C.C.CCCCC.CCCCC.CCCCC. The minimum absolute atomic E-state index is 0. The van der Waals surface area contributed by atoms with E-state index in [4.69, 9.17) is 0 Å². The van der Waals surface area contributed by atoms with Crippen LogP contribution in [0.4, 0.5) is 0 Å². The van der Waals surface area contributed by atoms with E-state index in [-0.39, 0.29) is 267 Å². The summed E-state index contributed by atoms with van der Waals surface area (Å²) in [5, 5.41) is 0. The van der Waals surface area contributed by atoms with Gasteiger partial charge in [-0.1, -0.05) is 367 Å². The van der Waals surface area contributed by atoms with Crippen LogP contribution in [0.1, 0.15) is 367 Å². The first kappa shape index (κ1) is 885. The topological polar surface area (TPSA) is 0 Å².